The van der Waals surface area contributed by atoms with Crippen molar-refractivity contribution in [1.29, 1.82) is 5.26 Å². The van der Waals surface area contributed by atoms with Gasteiger partial charge in [-0.05, 0) is 13.3 Å². The standard InChI is InChI=1S/C9H15N3O2/c1-4-7(5-10)9(14)12-6(2)8(13)11-3/h6-7H,4H2,1-3H3,(H,11,13)(H,12,14). The Morgan fingerprint density at radius 3 is 2.36 bits per heavy atom. The van der Waals surface area contributed by atoms with Crippen LogP contribution in [0, 0.1) is 17.2 Å². The highest BCUT2D eigenvalue weighted by atomic mass is 16.2. The van der Waals surface area contributed by atoms with E-state index in [0.29, 0.717) is 6.42 Å². The topological polar surface area (TPSA) is 82.0 Å². The molecule has 14 heavy (non-hydrogen) atoms. The second kappa shape index (κ2) is 5.97. The molecule has 0 spiro atoms. The van der Waals surface area contributed by atoms with Crippen molar-refractivity contribution in [2.75, 3.05) is 7.05 Å². The van der Waals surface area contributed by atoms with Gasteiger partial charge < -0.3 is 10.6 Å². The Hall–Kier alpha value is -1.57. The van der Waals surface area contributed by atoms with Gasteiger partial charge in [0.25, 0.3) is 0 Å². The molecular weight excluding hydrogens is 182 g/mol. The first-order valence-corrected chi connectivity index (χ1v) is 4.48. The summed E-state index contributed by atoms with van der Waals surface area (Å²) in [4.78, 5) is 22.4. The van der Waals surface area contributed by atoms with Crippen LogP contribution in [-0.2, 0) is 9.59 Å². The number of likely N-dealkylation sites (N-methyl/N-ethyl adjacent to an activating group) is 1. The third-order valence-electron chi connectivity index (χ3n) is 1.88. The highest BCUT2D eigenvalue weighted by Gasteiger charge is 2.20. The molecule has 0 fully saturated rings. The molecule has 0 aromatic heterocycles. The monoisotopic (exact) mass is 197 g/mol. The van der Waals surface area contributed by atoms with E-state index in [0.717, 1.165) is 0 Å². The van der Waals surface area contributed by atoms with Crippen LogP contribution in [0.25, 0.3) is 0 Å². The molecule has 0 aliphatic heterocycles. The summed E-state index contributed by atoms with van der Waals surface area (Å²) in [6.45, 7) is 3.32. The van der Waals surface area contributed by atoms with Crippen LogP contribution in [0.1, 0.15) is 20.3 Å². The lowest BCUT2D eigenvalue weighted by atomic mass is 10.1. The largest absolute Gasteiger partial charge is 0.357 e. The van der Waals surface area contributed by atoms with Gasteiger partial charge >= 0.3 is 0 Å². The van der Waals surface area contributed by atoms with Gasteiger partial charge in [0.05, 0.1) is 6.07 Å². The first-order valence-electron chi connectivity index (χ1n) is 4.48. The summed E-state index contributed by atoms with van der Waals surface area (Å²) in [7, 11) is 1.49. The molecule has 2 N–H and O–H groups in total. The number of nitrogens with zero attached hydrogens (tertiary/aromatic N) is 1. The normalized spacial score (nSPS) is 13.6. The SMILES string of the molecule is CCC(C#N)C(=O)NC(C)C(=O)NC. The summed E-state index contributed by atoms with van der Waals surface area (Å²) in [5.74, 6) is -1.35. The first kappa shape index (κ1) is 12.4. The lowest BCUT2D eigenvalue weighted by Gasteiger charge is -2.13. The van der Waals surface area contributed by atoms with Crippen molar-refractivity contribution in [2.45, 2.75) is 26.3 Å². The zero-order chi connectivity index (χ0) is 11.1. The zero-order valence-electron chi connectivity index (χ0n) is 8.63. The molecule has 0 aliphatic carbocycles. The molecule has 0 saturated carbocycles. The minimum Gasteiger partial charge on any atom is -0.357 e. The summed E-state index contributed by atoms with van der Waals surface area (Å²) in [6, 6.07) is 1.27. The van der Waals surface area contributed by atoms with E-state index in [9.17, 15) is 9.59 Å². The summed E-state index contributed by atoms with van der Waals surface area (Å²) < 4.78 is 0. The molecule has 0 bridgehead atoms. The number of nitrogens with one attached hydrogen (secondary N) is 2. The van der Waals surface area contributed by atoms with Crippen molar-refractivity contribution >= 4 is 11.8 Å². The molecule has 0 aliphatic rings. The Labute approximate surface area is 83.5 Å². The van der Waals surface area contributed by atoms with Crippen LogP contribution in [0.3, 0.4) is 0 Å². The quantitative estimate of drug-likeness (QED) is 0.654. The molecule has 78 valence electrons. The highest BCUT2D eigenvalue weighted by molar-refractivity contribution is 5.88. The van der Waals surface area contributed by atoms with Crippen molar-refractivity contribution in [2.24, 2.45) is 5.92 Å². The third-order valence-corrected chi connectivity index (χ3v) is 1.88. The van der Waals surface area contributed by atoms with Gasteiger partial charge in [0, 0.05) is 7.05 Å². The Kier molecular flexibility index (Phi) is 5.30. The predicted molar refractivity (Wildman–Crippen MR) is 51.1 cm³/mol. The maximum atomic E-state index is 11.3. The zero-order valence-corrected chi connectivity index (χ0v) is 8.63. The summed E-state index contributed by atoms with van der Waals surface area (Å²) in [5.41, 5.74) is 0. The Balaban J connectivity index is 4.19. The highest BCUT2D eigenvalue weighted by Crippen LogP contribution is 2.00. The predicted octanol–water partition coefficient (Wildman–Crippen LogP) is -0.213. The maximum absolute atomic E-state index is 11.3. The van der Waals surface area contributed by atoms with Crippen LogP contribution in [-0.4, -0.2) is 24.9 Å². The van der Waals surface area contributed by atoms with Gasteiger partial charge in [0.15, 0.2) is 0 Å². The fraction of sp³-hybridized carbons (Fsp3) is 0.667. The minimum atomic E-state index is -0.679. The molecule has 0 rings (SSSR count). The van der Waals surface area contributed by atoms with Crippen LogP contribution in [0.5, 0.6) is 0 Å². The van der Waals surface area contributed by atoms with Crippen molar-refractivity contribution in [3.63, 3.8) is 0 Å². The van der Waals surface area contributed by atoms with Crippen molar-refractivity contribution in [3.8, 4) is 6.07 Å². The van der Waals surface area contributed by atoms with E-state index >= 15 is 0 Å². The lowest BCUT2D eigenvalue weighted by molar-refractivity contribution is -0.129. The maximum Gasteiger partial charge on any atom is 0.242 e. The van der Waals surface area contributed by atoms with Crippen LogP contribution in [0.4, 0.5) is 0 Å². The van der Waals surface area contributed by atoms with Gasteiger partial charge in [-0.1, -0.05) is 6.92 Å². The molecule has 5 heteroatoms. The number of carbonyl (C=O) groups excluding carboxylic acids is 2. The Bertz CT molecular complexity index is 257. The molecule has 0 heterocycles. The molecule has 2 unspecified atom stereocenters. The smallest absolute Gasteiger partial charge is 0.242 e. The molecular formula is C9H15N3O2. The van der Waals surface area contributed by atoms with E-state index in [2.05, 4.69) is 10.6 Å². The van der Waals surface area contributed by atoms with Gasteiger partial charge in [0.1, 0.15) is 12.0 Å². The van der Waals surface area contributed by atoms with E-state index < -0.39 is 17.9 Å². The number of rotatable bonds is 4. The Morgan fingerprint density at radius 2 is 2.00 bits per heavy atom. The van der Waals surface area contributed by atoms with Crippen molar-refractivity contribution in [1.82, 2.24) is 10.6 Å². The first-order chi connectivity index (χ1) is 6.56. The minimum absolute atomic E-state index is 0.272. The van der Waals surface area contributed by atoms with E-state index in [4.69, 9.17) is 5.26 Å². The second-order valence-corrected chi connectivity index (χ2v) is 2.93. The van der Waals surface area contributed by atoms with Gasteiger partial charge in [-0.25, -0.2) is 0 Å². The third kappa shape index (κ3) is 3.44. The van der Waals surface area contributed by atoms with Gasteiger partial charge in [-0.15, -0.1) is 0 Å². The van der Waals surface area contributed by atoms with Crippen LogP contribution in [0.2, 0.25) is 0 Å². The fourth-order valence-corrected chi connectivity index (χ4v) is 0.931. The average molecular weight is 197 g/mol. The number of hydrogen-bond donors (Lipinski definition) is 2. The van der Waals surface area contributed by atoms with Gasteiger partial charge in [-0.3, -0.25) is 9.59 Å². The van der Waals surface area contributed by atoms with E-state index in [-0.39, 0.29) is 5.91 Å². The number of hydrogen-bond acceptors (Lipinski definition) is 3. The van der Waals surface area contributed by atoms with Crippen LogP contribution < -0.4 is 10.6 Å². The van der Waals surface area contributed by atoms with Crippen molar-refractivity contribution in [3.05, 3.63) is 0 Å². The number of carbonyl (C=O) groups is 2. The fourth-order valence-electron chi connectivity index (χ4n) is 0.931. The number of nitriles is 1. The average Bonchev–Trinajstić information content (AvgIpc) is 2.18. The molecule has 0 saturated heterocycles. The van der Waals surface area contributed by atoms with Gasteiger partial charge in [0.2, 0.25) is 11.8 Å². The van der Waals surface area contributed by atoms with E-state index in [1.807, 2.05) is 6.07 Å². The lowest BCUT2D eigenvalue weighted by Crippen LogP contribution is -2.45. The van der Waals surface area contributed by atoms with Crippen LogP contribution in [0.15, 0.2) is 0 Å². The molecule has 2 amide bonds. The second-order valence-electron chi connectivity index (χ2n) is 2.93. The molecule has 0 aromatic carbocycles. The summed E-state index contributed by atoms with van der Waals surface area (Å²) in [5, 5.41) is 13.5. The van der Waals surface area contributed by atoms with Crippen molar-refractivity contribution < 1.29 is 9.59 Å². The van der Waals surface area contributed by atoms with E-state index in [1.54, 1.807) is 13.8 Å². The molecule has 0 radical (unpaired) electrons. The molecule has 2 atom stereocenters. The summed E-state index contributed by atoms with van der Waals surface area (Å²) in [6.07, 6.45) is 0.447. The molecule has 0 aromatic rings. The van der Waals surface area contributed by atoms with Gasteiger partial charge in [-0.2, -0.15) is 5.26 Å². The van der Waals surface area contributed by atoms with Crippen LogP contribution >= 0.6 is 0 Å². The van der Waals surface area contributed by atoms with E-state index in [1.165, 1.54) is 7.05 Å². The molecule has 5 nitrogen and oxygen atoms in total. The number of amides is 2. The summed E-state index contributed by atoms with van der Waals surface area (Å²) >= 11 is 0. The Morgan fingerprint density at radius 1 is 1.43 bits per heavy atom.